The molecule has 0 bridgehead atoms. The number of anilines is 2. The minimum absolute atomic E-state index is 0.112. The van der Waals surface area contributed by atoms with Crippen molar-refractivity contribution in [1.82, 2.24) is 5.43 Å². The number of para-hydroxylation sites is 2. The van der Waals surface area contributed by atoms with Gasteiger partial charge < -0.3 is 15.0 Å². The second kappa shape index (κ2) is 9.00. The first-order chi connectivity index (χ1) is 14.6. The first kappa shape index (κ1) is 22.7. The van der Waals surface area contributed by atoms with Gasteiger partial charge in [0.25, 0.3) is 0 Å². The van der Waals surface area contributed by atoms with E-state index in [2.05, 4.69) is 74.4 Å². The highest BCUT2D eigenvalue weighted by Crippen LogP contribution is 2.45. The molecule has 31 heavy (non-hydrogen) atoms. The van der Waals surface area contributed by atoms with Crippen molar-refractivity contribution in [3.8, 4) is 5.75 Å². The summed E-state index contributed by atoms with van der Waals surface area (Å²) in [5.41, 5.74) is 8.01. The van der Waals surface area contributed by atoms with Crippen LogP contribution in [0.25, 0.3) is 0 Å². The number of hydrogen-bond acceptors (Lipinski definition) is 4. The minimum Gasteiger partial charge on any atom is -0.495 e. The summed E-state index contributed by atoms with van der Waals surface area (Å²) in [6.07, 6.45) is 2.81. The number of hydrogen-bond donors (Lipinski definition) is 2. The van der Waals surface area contributed by atoms with E-state index < -0.39 is 6.03 Å². The van der Waals surface area contributed by atoms with Gasteiger partial charge in [0, 0.05) is 17.3 Å². The molecule has 0 saturated carbocycles. The first-order valence-corrected chi connectivity index (χ1v) is 10.8. The van der Waals surface area contributed by atoms with Crippen LogP contribution >= 0.6 is 0 Å². The van der Waals surface area contributed by atoms with Crippen molar-refractivity contribution in [2.75, 3.05) is 17.3 Å². The lowest BCUT2D eigenvalue weighted by molar-refractivity contribution is 0.252. The third-order valence-electron chi connectivity index (χ3n) is 5.90. The second-order valence-electron chi connectivity index (χ2n) is 9.17. The van der Waals surface area contributed by atoms with Crippen LogP contribution in [0.5, 0.6) is 5.75 Å². The van der Waals surface area contributed by atoms with Crippen molar-refractivity contribution >= 4 is 23.6 Å². The fourth-order valence-corrected chi connectivity index (χ4v) is 4.79. The standard InChI is InChI=1S/C25H34N4O2/c1-16(2)29-22-12-17(3)19(13-20(22)18(4)14-25(29,5)6)15-26-28-24(30)27-21-10-8-9-11-23(21)31-7/h8-13,15-16,18H,14H2,1-7H3,(H2,27,28,30)/b26-15-. The van der Waals surface area contributed by atoms with Gasteiger partial charge in [-0.2, -0.15) is 5.10 Å². The molecule has 2 aromatic rings. The maximum Gasteiger partial charge on any atom is 0.339 e. The summed E-state index contributed by atoms with van der Waals surface area (Å²) in [5, 5.41) is 6.92. The number of nitrogens with one attached hydrogen (secondary N) is 2. The van der Waals surface area contributed by atoms with Gasteiger partial charge in [-0.15, -0.1) is 0 Å². The highest BCUT2D eigenvalue weighted by Gasteiger charge is 2.37. The Morgan fingerprint density at radius 1 is 1.29 bits per heavy atom. The number of benzene rings is 2. The SMILES string of the molecule is COc1ccccc1NC(=O)N/N=C\c1cc2c(cc1C)N(C(C)C)C(C)(C)CC2C. The van der Waals surface area contributed by atoms with E-state index in [1.54, 1.807) is 25.5 Å². The lowest BCUT2D eigenvalue weighted by Gasteiger charge is -2.50. The van der Waals surface area contributed by atoms with E-state index in [-0.39, 0.29) is 5.54 Å². The van der Waals surface area contributed by atoms with E-state index in [0.717, 1.165) is 17.5 Å². The van der Waals surface area contributed by atoms with E-state index in [1.165, 1.54) is 11.3 Å². The maximum absolute atomic E-state index is 12.2. The van der Waals surface area contributed by atoms with Gasteiger partial charge in [0.2, 0.25) is 0 Å². The monoisotopic (exact) mass is 422 g/mol. The van der Waals surface area contributed by atoms with E-state index >= 15 is 0 Å². The molecule has 0 aliphatic carbocycles. The van der Waals surface area contributed by atoms with Crippen LogP contribution in [-0.4, -0.2) is 30.9 Å². The number of rotatable bonds is 5. The van der Waals surface area contributed by atoms with Crippen LogP contribution in [0.3, 0.4) is 0 Å². The third kappa shape index (κ3) is 4.84. The Hall–Kier alpha value is -3.02. The molecule has 1 unspecified atom stereocenters. The molecule has 2 N–H and O–H groups in total. The zero-order valence-corrected chi connectivity index (χ0v) is 19.6. The minimum atomic E-state index is -0.419. The Morgan fingerprint density at radius 2 is 2.00 bits per heavy atom. The summed E-state index contributed by atoms with van der Waals surface area (Å²) in [7, 11) is 1.57. The van der Waals surface area contributed by atoms with Crippen LogP contribution in [0.1, 0.15) is 63.6 Å². The summed E-state index contributed by atoms with van der Waals surface area (Å²) in [5.74, 6) is 1.05. The van der Waals surface area contributed by atoms with Crippen molar-refractivity contribution in [2.24, 2.45) is 5.10 Å². The lowest BCUT2D eigenvalue weighted by atomic mass is 9.78. The number of methoxy groups -OCH3 is 1. The zero-order valence-electron chi connectivity index (χ0n) is 19.6. The molecule has 0 radical (unpaired) electrons. The highest BCUT2D eigenvalue weighted by molar-refractivity contribution is 5.92. The molecule has 6 nitrogen and oxygen atoms in total. The number of aryl methyl sites for hydroxylation is 1. The van der Waals surface area contributed by atoms with Gasteiger partial charge in [0.15, 0.2) is 0 Å². The smallest absolute Gasteiger partial charge is 0.339 e. The van der Waals surface area contributed by atoms with Gasteiger partial charge in [-0.05, 0) is 87.9 Å². The predicted octanol–water partition coefficient (Wildman–Crippen LogP) is 5.66. The topological polar surface area (TPSA) is 66.0 Å². The second-order valence-corrected chi connectivity index (χ2v) is 9.17. The third-order valence-corrected chi connectivity index (χ3v) is 5.90. The fraction of sp³-hybridized carbons (Fsp3) is 0.440. The van der Waals surface area contributed by atoms with Crippen molar-refractivity contribution in [1.29, 1.82) is 0 Å². The normalized spacial score (nSPS) is 17.5. The largest absolute Gasteiger partial charge is 0.495 e. The van der Waals surface area contributed by atoms with E-state index in [0.29, 0.717) is 23.4 Å². The van der Waals surface area contributed by atoms with Crippen molar-refractivity contribution in [3.05, 3.63) is 53.1 Å². The molecule has 0 spiro atoms. The molecule has 1 aliphatic rings. The molecule has 0 aromatic heterocycles. The van der Waals surface area contributed by atoms with Gasteiger partial charge in [0.05, 0.1) is 19.0 Å². The zero-order chi connectivity index (χ0) is 22.8. The van der Waals surface area contributed by atoms with Crippen molar-refractivity contribution in [2.45, 2.75) is 65.5 Å². The Morgan fingerprint density at radius 3 is 2.68 bits per heavy atom. The summed E-state index contributed by atoms with van der Waals surface area (Å²) in [4.78, 5) is 14.8. The van der Waals surface area contributed by atoms with E-state index in [4.69, 9.17) is 4.74 Å². The number of ether oxygens (including phenoxy) is 1. The number of nitrogens with zero attached hydrogens (tertiary/aromatic N) is 2. The molecule has 1 atom stereocenters. The number of hydrazone groups is 1. The molecular weight excluding hydrogens is 388 g/mol. The van der Waals surface area contributed by atoms with Crippen LogP contribution in [0.2, 0.25) is 0 Å². The summed E-state index contributed by atoms with van der Waals surface area (Å²) in [6, 6.07) is 11.7. The van der Waals surface area contributed by atoms with Gasteiger partial charge >= 0.3 is 6.03 Å². The lowest BCUT2D eigenvalue weighted by Crippen LogP contribution is -2.51. The number of urea groups is 1. The van der Waals surface area contributed by atoms with Gasteiger partial charge in [-0.25, -0.2) is 10.2 Å². The molecule has 0 fully saturated rings. The number of carbonyl (C=O) groups excluding carboxylic acids is 1. The molecule has 0 saturated heterocycles. The van der Waals surface area contributed by atoms with Crippen LogP contribution < -0.4 is 20.4 Å². The molecule has 1 heterocycles. The number of fused-ring (bicyclic) bond motifs is 1. The summed E-state index contributed by atoms with van der Waals surface area (Å²) < 4.78 is 5.25. The van der Waals surface area contributed by atoms with Crippen LogP contribution in [0.15, 0.2) is 41.5 Å². The first-order valence-electron chi connectivity index (χ1n) is 10.8. The Kier molecular flexibility index (Phi) is 6.58. The van der Waals surface area contributed by atoms with Crippen LogP contribution in [0, 0.1) is 6.92 Å². The van der Waals surface area contributed by atoms with Crippen LogP contribution in [0.4, 0.5) is 16.2 Å². The van der Waals surface area contributed by atoms with Gasteiger partial charge in [-0.1, -0.05) is 19.1 Å². The predicted molar refractivity (Wildman–Crippen MR) is 129 cm³/mol. The average Bonchev–Trinajstić information content (AvgIpc) is 2.68. The molecule has 6 heteroatoms. The molecule has 166 valence electrons. The maximum atomic E-state index is 12.2. The van der Waals surface area contributed by atoms with Crippen LogP contribution in [-0.2, 0) is 0 Å². The Balaban J connectivity index is 1.78. The summed E-state index contributed by atoms with van der Waals surface area (Å²) in [6.45, 7) is 13.5. The van der Waals surface area contributed by atoms with Crippen molar-refractivity contribution < 1.29 is 9.53 Å². The number of amides is 2. The van der Waals surface area contributed by atoms with Gasteiger partial charge in [-0.3, -0.25) is 0 Å². The molecule has 2 aromatic carbocycles. The quantitative estimate of drug-likeness (QED) is 0.483. The molecule has 1 aliphatic heterocycles. The molecule has 3 rings (SSSR count). The molecule has 2 amide bonds. The summed E-state index contributed by atoms with van der Waals surface area (Å²) >= 11 is 0. The van der Waals surface area contributed by atoms with E-state index in [9.17, 15) is 4.79 Å². The average molecular weight is 423 g/mol. The number of carbonyl (C=O) groups is 1. The van der Waals surface area contributed by atoms with E-state index in [1.807, 2.05) is 12.1 Å². The Bertz CT molecular complexity index is 981. The fourth-order valence-electron chi connectivity index (χ4n) is 4.79. The highest BCUT2D eigenvalue weighted by atomic mass is 16.5. The molecular formula is C25H34N4O2. The van der Waals surface area contributed by atoms with Gasteiger partial charge in [0.1, 0.15) is 5.75 Å². The van der Waals surface area contributed by atoms with Crippen molar-refractivity contribution in [3.63, 3.8) is 0 Å². The Labute approximate surface area is 185 Å².